The number of aryl methyl sites for hydroxylation is 1. The number of likely N-dealkylation sites (N-methyl/N-ethyl adjacent to an activating group) is 1. The first kappa shape index (κ1) is 19.9. The summed E-state index contributed by atoms with van der Waals surface area (Å²) in [5, 5.41) is 18.4. The smallest absolute Gasteiger partial charge is 0.270 e. The molecule has 2 aliphatic rings. The Hall–Kier alpha value is -1.88. The molecule has 0 radical (unpaired) electrons. The summed E-state index contributed by atoms with van der Waals surface area (Å²) in [6.07, 6.45) is 4.39. The van der Waals surface area contributed by atoms with Crippen molar-refractivity contribution in [2.24, 2.45) is 13.0 Å². The molecule has 2 saturated heterocycles. The Kier molecular flexibility index (Phi) is 6.53. The Balaban J connectivity index is 1.70. The van der Waals surface area contributed by atoms with Gasteiger partial charge in [0.2, 0.25) is 0 Å². The highest BCUT2D eigenvalue weighted by atomic mass is 16.3. The van der Waals surface area contributed by atoms with Gasteiger partial charge in [-0.15, -0.1) is 0 Å². The van der Waals surface area contributed by atoms with Crippen LogP contribution in [0.2, 0.25) is 0 Å². The minimum absolute atomic E-state index is 0.00447. The number of piperidine rings is 1. The molecule has 3 heterocycles. The van der Waals surface area contributed by atoms with E-state index in [-0.39, 0.29) is 12.5 Å². The molecule has 2 fully saturated rings. The van der Waals surface area contributed by atoms with Crippen molar-refractivity contribution in [3.8, 4) is 6.07 Å². The zero-order valence-corrected chi connectivity index (χ0v) is 16.5. The average Bonchev–Trinajstić information content (AvgIpc) is 3.07. The van der Waals surface area contributed by atoms with Gasteiger partial charge in [-0.3, -0.25) is 9.69 Å². The minimum atomic E-state index is 0.00447. The number of amides is 1. The Morgan fingerprint density at radius 3 is 2.63 bits per heavy atom. The lowest BCUT2D eigenvalue weighted by Gasteiger charge is -2.46. The molecule has 0 saturated carbocycles. The molecule has 1 aromatic heterocycles. The van der Waals surface area contributed by atoms with E-state index in [4.69, 9.17) is 5.26 Å². The number of hydrogen-bond acceptors (Lipinski definition) is 5. The Labute approximate surface area is 161 Å². The number of carbonyl (C=O) groups excluding carboxylic acids is 1. The molecule has 1 N–H and O–H groups in total. The van der Waals surface area contributed by atoms with Crippen LogP contribution in [0.25, 0.3) is 0 Å². The number of hydrogen-bond donors (Lipinski definition) is 1. The lowest BCUT2D eigenvalue weighted by atomic mass is 9.86. The van der Waals surface area contributed by atoms with Gasteiger partial charge in [0, 0.05) is 65.2 Å². The lowest BCUT2D eigenvalue weighted by Crippen LogP contribution is -2.57. The highest BCUT2D eigenvalue weighted by molar-refractivity contribution is 5.93. The van der Waals surface area contributed by atoms with E-state index in [1.807, 2.05) is 11.9 Å². The highest BCUT2D eigenvalue weighted by Gasteiger charge is 2.36. The second-order valence-corrected chi connectivity index (χ2v) is 7.91. The SMILES string of the molecule is CN1CCN([C@@H]2CCN(C(=O)c3cc(C#N)cn3C)C[C@@H]2CCCO)CC1. The Morgan fingerprint density at radius 1 is 1.26 bits per heavy atom. The van der Waals surface area contributed by atoms with Crippen LogP contribution >= 0.6 is 0 Å². The number of nitriles is 1. The zero-order chi connectivity index (χ0) is 19.4. The van der Waals surface area contributed by atoms with Gasteiger partial charge in [0.1, 0.15) is 11.8 Å². The summed E-state index contributed by atoms with van der Waals surface area (Å²) < 4.78 is 1.75. The van der Waals surface area contributed by atoms with Gasteiger partial charge in [0.05, 0.1) is 5.56 Å². The van der Waals surface area contributed by atoms with Gasteiger partial charge in [-0.1, -0.05) is 0 Å². The predicted molar refractivity (Wildman–Crippen MR) is 103 cm³/mol. The third kappa shape index (κ3) is 4.52. The topological polar surface area (TPSA) is 75.7 Å². The van der Waals surface area contributed by atoms with E-state index in [1.54, 1.807) is 16.8 Å². The monoisotopic (exact) mass is 373 g/mol. The van der Waals surface area contributed by atoms with Crippen LogP contribution in [0, 0.1) is 17.2 Å². The number of carbonyl (C=O) groups is 1. The van der Waals surface area contributed by atoms with Crippen molar-refractivity contribution < 1.29 is 9.90 Å². The fourth-order valence-corrected chi connectivity index (χ4v) is 4.48. The van der Waals surface area contributed by atoms with E-state index in [0.29, 0.717) is 23.2 Å². The number of aliphatic hydroxyl groups is 1. The van der Waals surface area contributed by atoms with Crippen LogP contribution in [-0.2, 0) is 7.05 Å². The molecule has 148 valence electrons. The van der Waals surface area contributed by atoms with Gasteiger partial charge in [0.15, 0.2) is 0 Å². The molecule has 7 heteroatoms. The first-order valence-electron chi connectivity index (χ1n) is 9.92. The maximum Gasteiger partial charge on any atom is 0.270 e. The van der Waals surface area contributed by atoms with Crippen LogP contribution in [0.4, 0.5) is 0 Å². The molecular weight excluding hydrogens is 342 g/mol. The van der Waals surface area contributed by atoms with Crippen LogP contribution in [0.1, 0.15) is 35.3 Å². The maximum atomic E-state index is 13.0. The summed E-state index contributed by atoms with van der Waals surface area (Å²) in [6, 6.07) is 4.27. The Bertz CT molecular complexity index is 687. The van der Waals surface area contributed by atoms with Crippen LogP contribution in [0.15, 0.2) is 12.3 Å². The number of likely N-dealkylation sites (tertiary alicyclic amines) is 1. The lowest BCUT2D eigenvalue weighted by molar-refractivity contribution is 0.0214. The van der Waals surface area contributed by atoms with E-state index in [2.05, 4.69) is 22.9 Å². The quantitative estimate of drug-likeness (QED) is 0.824. The van der Waals surface area contributed by atoms with Gasteiger partial charge < -0.3 is 19.5 Å². The molecule has 2 aliphatic heterocycles. The summed E-state index contributed by atoms with van der Waals surface area (Å²) >= 11 is 0. The average molecular weight is 374 g/mol. The van der Waals surface area contributed by atoms with Crippen LogP contribution < -0.4 is 0 Å². The van der Waals surface area contributed by atoms with Crippen LogP contribution in [0.5, 0.6) is 0 Å². The molecule has 27 heavy (non-hydrogen) atoms. The van der Waals surface area contributed by atoms with Gasteiger partial charge in [-0.05, 0) is 38.3 Å². The van der Waals surface area contributed by atoms with E-state index in [9.17, 15) is 9.90 Å². The molecule has 1 aromatic rings. The van der Waals surface area contributed by atoms with Crippen molar-refractivity contribution in [2.75, 3.05) is 52.9 Å². The number of rotatable bonds is 5. The van der Waals surface area contributed by atoms with Crippen molar-refractivity contribution >= 4 is 5.91 Å². The molecule has 0 spiro atoms. The summed E-state index contributed by atoms with van der Waals surface area (Å²) in [6.45, 7) is 6.01. The normalized spacial score (nSPS) is 24.7. The molecule has 3 rings (SSSR count). The molecule has 0 aromatic carbocycles. The second kappa shape index (κ2) is 8.87. The third-order valence-electron chi connectivity index (χ3n) is 6.07. The molecule has 0 bridgehead atoms. The molecule has 1 amide bonds. The summed E-state index contributed by atoms with van der Waals surface area (Å²) in [5.74, 6) is 0.388. The van der Waals surface area contributed by atoms with E-state index >= 15 is 0 Å². The van der Waals surface area contributed by atoms with Gasteiger partial charge in [-0.25, -0.2) is 0 Å². The molecule has 0 aliphatic carbocycles. The van der Waals surface area contributed by atoms with Gasteiger partial charge in [-0.2, -0.15) is 5.26 Å². The Morgan fingerprint density at radius 2 is 2.00 bits per heavy atom. The standard InChI is InChI=1S/C20H31N5O2/c1-22-7-9-24(10-8-22)18-5-6-25(15-17(18)4-3-11-26)20(27)19-12-16(13-21)14-23(19)2/h12,14,17-18,26H,3-11,15H2,1-2H3/t17-,18+/m0/s1. The summed E-state index contributed by atoms with van der Waals surface area (Å²) in [7, 11) is 3.98. The molecule has 7 nitrogen and oxygen atoms in total. The van der Waals surface area contributed by atoms with E-state index in [1.165, 1.54) is 0 Å². The van der Waals surface area contributed by atoms with Crippen LogP contribution in [-0.4, -0.2) is 89.2 Å². The van der Waals surface area contributed by atoms with Crippen molar-refractivity contribution in [2.45, 2.75) is 25.3 Å². The molecule has 0 unspecified atom stereocenters. The fraction of sp³-hybridized carbons (Fsp3) is 0.700. The van der Waals surface area contributed by atoms with Crippen LogP contribution in [0.3, 0.4) is 0 Å². The largest absolute Gasteiger partial charge is 0.396 e. The van der Waals surface area contributed by atoms with Crippen molar-refractivity contribution in [1.82, 2.24) is 19.3 Å². The number of nitrogens with zero attached hydrogens (tertiary/aromatic N) is 5. The number of aromatic nitrogens is 1. The highest BCUT2D eigenvalue weighted by Crippen LogP contribution is 2.28. The second-order valence-electron chi connectivity index (χ2n) is 7.91. The van der Waals surface area contributed by atoms with Crippen molar-refractivity contribution in [3.05, 3.63) is 23.5 Å². The first-order valence-corrected chi connectivity index (χ1v) is 9.92. The third-order valence-corrected chi connectivity index (χ3v) is 6.07. The van der Waals surface area contributed by atoms with Crippen molar-refractivity contribution in [1.29, 1.82) is 5.26 Å². The first-order chi connectivity index (χ1) is 13.0. The number of aliphatic hydroxyl groups excluding tert-OH is 1. The van der Waals surface area contributed by atoms with Gasteiger partial charge in [0.25, 0.3) is 5.91 Å². The number of piperazine rings is 1. The summed E-state index contributed by atoms with van der Waals surface area (Å²) in [4.78, 5) is 19.9. The van der Waals surface area contributed by atoms with Gasteiger partial charge >= 0.3 is 0 Å². The minimum Gasteiger partial charge on any atom is -0.396 e. The molecular formula is C20H31N5O2. The van der Waals surface area contributed by atoms with E-state index in [0.717, 1.165) is 58.5 Å². The predicted octanol–water partition coefficient (Wildman–Crippen LogP) is 0.747. The van der Waals surface area contributed by atoms with E-state index < -0.39 is 0 Å². The molecule has 2 atom stereocenters. The fourth-order valence-electron chi connectivity index (χ4n) is 4.48. The van der Waals surface area contributed by atoms with Crippen molar-refractivity contribution in [3.63, 3.8) is 0 Å². The zero-order valence-electron chi connectivity index (χ0n) is 16.5. The maximum absolute atomic E-state index is 13.0. The summed E-state index contributed by atoms with van der Waals surface area (Å²) in [5.41, 5.74) is 1.09.